The Bertz CT molecular complexity index is 347. The van der Waals surface area contributed by atoms with Crippen molar-refractivity contribution in [2.24, 2.45) is 0 Å². The minimum Gasteiger partial charge on any atom is -0.496 e. The van der Waals surface area contributed by atoms with Crippen LogP contribution in [-0.2, 0) is 0 Å². The highest BCUT2D eigenvalue weighted by molar-refractivity contribution is 5.51. The Hall–Kier alpha value is -1.58. The summed E-state index contributed by atoms with van der Waals surface area (Å²) in [6, 6.07) is 4.86. The Labute approximate surface area is 82.7 Å². The minimum absolute atomic E-state index is 0.0755. The van der Waals surface area contributed by atoms with Crippen LogP contribution in [0.3, 0.4) is 0 Å². The fourth-order valence-corrected chi connectivity index (χ4v) is 1.45. The summed E-state index contributed by atoms with van der Waals surface area (Å²) in [5.74, 6) is 0.653. The average molecular weight is 195 g/mol. The first kappa shape index (κ1) is 10.5. The first-order valence-electron chi connectivity index (χ1n) is 4.39. The molecule has 0 atom stereocenters. The molecule has 0 aromatic heterocycles. The maximum atomic E-state index is 10.7. The van der Waals surface area contributed by atoms with Crippen molar-refractivity contribution in [2.75, 3.05) is 7.11 Å². The van der Waals surface area contributed by atoms with Gasteiger partial charge < -0.3 is 4.74 Å². The van der Waals surface area contributed by atoms with Gasteiger partial charge in [-0.1, -0.05) is 19.9 Å². The molecule has 0 fully saturated rings. The Balaban J connectivity index is 3.35. The van der Waals surface area contributed by atoms with Crippen molar-refractivity contribution < 1.29 is 9.66 Å². The van der Waals surface area contributed by atoms with Crippen LogP contribution < -0.4 is 4.74 Å². The molecule has 0 amide bonds. The molecular formula is C10H13NO3. The summed E-state index contributed by atoms with van der Waals surface area (Å²) in [6.07, 6.45) is 0. The lowest BCUT2D eigenvalue weighted by Crippen LogP contribution is -2.00. The fraction of sp³-hybridized carbons (Fsp3) is 0.400. The summed E-state index contributed by atoms with van der Waals surface area (Å²) in [4.78, 5) is 10.4. The van der Waals surface area contributed by atoms with Gasteiger partial charge in [-0.15, -0.1) is 0 Å². The SMILES string of the molecule is COc1cccc([N+](=O)[O-])c1C(C)C. The molecular weight excluding hydrogens is 182 g/mol. The van der Waals surface area contributed by atoms with Crippen molar-refractivity contribution >= 4 is 5.69 Å². The molecule has 76 valence electrons. The molecule has 0 aliphatic rings. The molecule has 0 aliphatic heterocycles. The van der Waals surface area contributed by atoms with Gasteiger partial charge in [0, 0.05) is 6.07 Å². The lowest BCUT2D eigenvalue weighted by atomic mass is 10.00. The van der Waals surface area contributed by atoms with Crippen molar-refractivity contribution in [2.45, 2.75) is 19.8 Å². The van der Waals surface area contributed by atoms with Crippen molar-refractivity contribution in [3.05, 3.63) is 33.9 Å². The number of methoxy groups -OCH3 is 1. The maximum absolute atomic E-state index is 10.7. The van der Waals surface area contributed by atoms with E-state index in [1.165, 1.54) is 13.2 Å². The maximum Gasteiger partial charge on any atom is 0.276 e. The van der Waals surface area contributed by atoms with Crippen LogP contribution in [-0.4, -0.2) is 12.0 Å². The molecule has 0 saturated carbocycles. The van der Waals surface area contributed by atoms with E-state index in [0.29, 0.717) is 11.3 Å². The van der Waals surface area contributed by atoms with E-state index in [1.54, 1.807) is 12.1 Å². The predicted molar refractivity (Wildman–Crippen MR) is 53.7 cm³/mol. The van der Waals surface area contributed by atoms with Crippen LogP contribution >= 0.6 is 0 Å². The van der Waals surface area contributed by atoms with Gasteiger partial charge in [-0.25, -0.2) is 0 Å². The molecule has 0 bridgehead atoms. The zero-order valence-electron chi connectivity index (χ0n) is 8.48. The molecule has 0 radical (unpaired) electrons. The van der Waals surface area contributed by atoms with Crippen molar-refractivity contribution in [1.82, 2.24) is 0 Å². The second-order valence-electron chi connectivity index (χ2n) is 3.30. The lowest BCUT2D eigenvalue weighted by Gasteiger charge is -2.11. The quantitative estimate of drug-likeness (QED) is 0.550. The van der Waals surface area contributed by atoms with E-state index >= 15 is 0 Å². The van der Waals surface area contributed by atoms with Gasteiger partial charge in [-0.05, 0) is 12.0 Å². The number of benzene rings is 1. The molecule has 0 aliphatic carbocycles. The van der Waals surface area contributed by atoms with E-state index in [9.17, 15) is 10.1 Å². The smallest absolute Gasteiger partial charge is 0.276 e. The summed E-state index contributed by atoms with van der Waals surface area (Å²) in [7, 11) is 1.52. The van der Waals surface area contributed by atoms with E-state index in [4.69, 9.17) is 4.74 Å². The highest BCUT2D eigenvalue weighted by atomic mass is 16.6. The Morgan fingerprint density at radius 3 is 2.50 bits per heavy atom. The third-order valence-electron chi connectivity index (χ3n) is 2.04. The molecule has 1 rings (SSSR count). The van der Waals surface area contributed by atoms with E-state index in [0.717, 1.165) is 0 Å². The van der Waals surface area contributed by atoms with Crippen LogP contribution in [0, 0.1) is 10.1 Å². The van der Waals surface area contributed by atoms with Gasteiger partial charge in [0.25, 0.3) is 5.69 Å². The predicted octanol–water partition coefficient (Wildman–Crippen LogP) is 2.73. The summed E-state index contributed by atoms with van der Waals surface area (Å²) >= 11 is 0. The lowest BCUT2D eigenvalue weighted by molar-refractivity contribution is -0.385. The second-order valence-corrected chi connectivity index (χ2v) is 3.30. The topological polar surface area (TPSA) is 52.4 Å². The molecule has 1 aromatic rings. The van der Waals surface area contributed by atoms with Crippen molar-refractivity contribution in [3.8, 4) is 5.75 Å². The zero-order chi connectivity index (χ0) is 10.7. The number of hydrogen-bond acceptors (Lipinski definition) is 3. The second kappa shape index (κ2) is 4.09. The molecule has 0 heterocycles. The van der Waals surface area contributed by atoms with E-state index in [1.807, 2.05) is 13.8 Å². The first-order valence-corrected chi connectivity index (χ1v) is 4.39. The van der Waals surface area contributed by atoms with Crippen LogP contribution in [0.25, 0.3) is 0 Å². The monoisotopic (exact) mass is 195 g/mol. The highest BCUT2D eigenvalue weighted by Gasteiger charge is 2.20. The Morgan fingerprint density at radius 1 is 1.43 bits per heavy atom. The summed E-state index contributed by atoms with van der Waals surface area (Å²) < 4.78 is 5.09. The third kappa shape index (κ3) is 1.84. The standard InChI is InChI=1S/C10H13NO3/c1-7(2)10-8(11(12)13)5-4-6-9(10)14-3/h4-7H,1-3H3. The van der Waals surface area contributed by atoms with E-state index in [-0.39, 0.29) is 16.5 Å². The summed E-state index contributed by atoms with van der Waals surface area (Å²) in [5, 5.41) is 10.7. The van der Waals surface area contributed by atoms with Crippen LogP contribution in [0.5, 0.6) is 5.75 Å². The van der Waals surface area contributed by atoms with Crippen LogP contribution in [0.15, 0.2) is 18.2 Å². The number of nitrogens with zero attached hydrogens (tertiary/aromatic N) is 1. The molecule has 14 heavy (non-hydrogen) atoms. The molecule has 0 unspecified atom stereocenters. The van der Waals surface area contributed by atoms with Gasteiger partial charge in [0.15, 0.2) is 0 Å². The highest BCUT2D eigenvalue weighted by Crippen LogP contribution is 2.34. The van der Waals surface area contributed by atoms with Gasteiger partial charge in [0.1, 0.15) is 5.75 Å². The Kier molecular flexibility index (Phi) is 3.06. The molecule has 0 saturated heterocycles. The number of nitro groups is 1. The van der Waals surface area contributed by atoms with Gasteiger partial charge >= 0.3 is 0 Å². The molecule has 4 heteroatoms. The first-order chi connectivity index (χ1) is 6.57. The summed E-state index contributed by atoms with van der Waals surface area (Å²) in [6.45, 7) is 3.82. The van der Waals surface area contributed by atoms with Gasteiger partial charge in [0.2, 0.25) is 0 Å². The van der Waals surface area contributed by atoms with Gasteiger partial charge in [-0.2, -0.15) is 0 Å². The minimum atomic E-state index is -0.377. The summed E-state index contributed by atoms with van der Waals surface area (Å²) in [5.41, 5.74) is 0.777. The van der Waals surface area contributed by atoms with Crippen LogP contribution in [0.4, 0.5) is 5.69 Å². The molecule has 1 aromatic carbocycles. The largest absolute Gasteiger partial charge is 0.496 e. The Morgan fingerprint density at radius 2 is 2.07 bits per heavy atom. The third-order valence-corrected chi connectivity index (χ3v) is 2.04. The van der Waals surface area contributed by atoms with E-state index < -0.39 is 0 Å². The normalized spacial score (nSPS) is 10.3. The number of hydrogen-bond donors (Lipinski definition) is 0. The fourth-order valence-electron chi connectivity index (χ4n) is 1.45. The molecule has 4 nitrogen and oxygen atoms in total. The van der Waals surface area contributed by atoms with Gasteiger partial charge in [-0.3, -0.25) is 10.1 Å². The van der Waals surface area contributed by atoms with Gasteiger partial charge in [0.05, 0.1) is 17.6 Å². The molecule has 0 spiro atoms. The van der Waals surface area contributed by atoms with Crippen molar-refractivity contribution in [3.63, 3.8) is 0 Å². The van der Waals surface area contributed by atoms with Crippen molar-refractivity contribution in [1.29, 1.82) is 0 Å². The van der Waals surface area contributed by atoms with E-state index in [2.05, 4.69) is 0 Å². The van der Waals surface area contributed by atoms with Crippen LogP contribution in [0.1, 0.15) is 25.3 Å². The number of rotatable bonds is 3. The average Bonchev–Trinajstić information content (AvgIpc) is 2.16. The van der Waals surface area contributed by atoms with Crippen LogP contribution in [0.2, 0.25) is 0 Å². The molecule has 0 N–H and O–H groups in total. The zero-order valence-corrected chi connectivity index (χ0v) is 8.48. The number of ether oxygens (including phenoxy) is 1. The number of nitro benzene ring substituents is 1.